The second-order valence-corrected chi connectivity index (χ2v) is 4.05. The van der Waals surface area contributed by atoms with E-state index in [-0.39, 0.29) is 5.82 Å². The van der Waals surface area contributed by atoms with Gasteiger partial charge in [-0.1, -0.05) is 0 Å². The van der Waals surface area contributed by atoms with Gasteiger partial charge in [0.15, 0.2) is 6.29 Å². The maximum absolute atomic E-state index is 10.5. The Morgan fingerprint density at radius 3 is 3.00 bits per heavy atom. The van der Waals surface area contributed by atoms with E-state index in [1.165, 1.54) is 28.3 Å². The lowest BCUT2D eigenvalue weighted by Gasteiger charge is -1.91. The smallest absolute Gasteiger partial charge is 0.358 e. The standard InChI is InChI=1S/C9H7N3O3S/c13-5-8-3-7(6-16-8)4-11-2-1-9(10-11)12(14)15/h1-3,5-6H,4H2. The van der Waals surface area contributed by atoms with Crippen LogP contribution >= 0.6 is 11.3 Å². The number of nitro groups is 1. The van der Waals surface area contributed by atoms with Crippen LogP contribution in [0.3, 0.4) is 0 Å². The van der Waals surface area contributed by atoms with Gasteiger partial charge >= 0.3 is 5.82 Å². The minimum atomic E-state index is -0.541. The average Bonchev–Trinajstić information content (AvgIpc) is 2.87. The van der Waals surface area contributed by atoms with Crippen LogP contribution in [0.5, 0.6) is 0 Å². The first-order valence-corrected chi connectivity index (χ1v) is 5.27. The number of aromatic nitrogens is 2. The molecule has 0 radical (unpaired) electrons. The van der Waals surface area contributed by atoms with Crippen molar-refractivity contribution in [2.24, 2.45) is 0 Å². The molecule has 2 aromatic heterocycles. The molecule has 82 valence electrons. The minimum Gasteiger partial charge on any atom is -0.358 e. The summed E-state index contributed by atoms with van der Waals surface area (Å²) >= 11 is 1.34. The number of rotatable bonds is 4. The lowest BCUT2D eigenvalue weighted by Crippen LogP contribution is -2.00. The van der Waals surface area contributed by atoms with Gasteiger partial charge in [-0.05, 0) is 21.9 Å². The Labute approximate surface area is 94.3 Å². The van der Waals surface area contributed by atoms with Gasteiger partial charge in [0.25, 0.3) is 0 Å². The Kier molecular flexibility index (Phi) is 2.78. The molecule has 6 nitrogen and oxygen atoms in total. The molecule has 7 heteroatoms. The average molecular weight is 237 g/mol. The van der Waals surface area contributed by atoms with E-state index in [4.69, 9.17) is 0 Å². The highest BCUT2D eigenvalue weighted by molar-refractivity contribution is 7.11. The van der Waals surface area contributed by atoms with Crippen LogP contribution in [0.1, 0.15) is 15.2 Å². The topological polar surface area (TPSA) is 78.0 Å². The molecule has 0 bridgehead atoms. The van der Waals surface area contributed by atoms with Crippen LogP contribution in [0.2, 0.25) is 0 Å². The lowest BCUT2D eigenvalue weighted by molar-refractivity contribution is -0.389. The first-order chi connectivity index (χ1) is 7.69. The fourth-order valence-electron chi connectivity index (χ4n) is 1.26. The molecule has 0 atom stereocenters. The molecule has 0 saturated heterocycles. The minimum absolute atomic E-state index is 0.175. The zero-order valence-electron chi connectivity index (χ0n) is 8.07. The summed E-state index contributed by atoms with van der Waals surface area (Å²) in [6.07, 6.45) is 2.32. The largest absolute Gasteiger partial charge is 0.389 e. The zero-order valence-corrected chi connectivity index (χ0v) is 8.88. The predicted molar refractivity (Wildman–Crippen MR) is 57.7 cm³/mol. The highest BCUT2D eigenvalue weighted by Crippen LogP contribution is 2.14. The van der Waals surface area contributed by atoms with Crippen LogP contribution < -0.4 is 0 Å². The summed E-state index contributed by atoms with van der Waals surface area (Å²) in [5, 5.41) is 16.0. The van der Waals surface area contributed by atoms with Crippen molar-refractivity contribution in [3.05, 3.63) is 44.3 Å². The van der Waals surface area contributed by atoms with Crippen molar-refractivity contribution in [1.29, 1.82) is 0 Å². The number of hydrogen-bond acceptors (Lipinski definition) is 5. The van der Waals surface area contributed by atoms with Crippen LogP contribution in [0, 0.1) is 10.1 Å². The lowest BCUT2D eigenvalue weighted by atomic mass is 10.3. The molecule has 0 aromatic carbocycles. The molecule has 0 spiro atoms. The zero-order chi connectivity index (χ0) is 11.5. The third-order valence-corrected chi connectivity index (χ3v) is 2.86. The van der Waals surface area contributed by atoms with Gasteiger partial charge in [0, 0.05) is 0 Å². The summed E-state index contributed by atoms with van der Waals surface area (Å²) in [4.78, 5) is 21.0. The molecular weight excluding hydrogens is 230 g/mol. The maximum Gasteiger partial charge on any atom is 0.389 e. The molecule has 2 heterocycles. The van der Waals surface area contributed by atoms with Crippen molar-refractivity contribution < 1.29 is 9.72 Å². The number of thiophene rings is 1. The highest BCUT2D eigenvalue weighted by Gasteiger charge is 2.11. The van der Waals surface area contributed by atoms with E-state index < -0.39 is 4.92 Å². The van der Waals surface area contributed by atoms with Crippen molar-refractivity contribution in [2.75, 3.05) is 0 Å². The van der Waals surface area contributed by atoms with E-state index in [9.17, 15) is 14.9 Å². The summed E-state index contributed by atoms with van der Waals surface area (Å²) in [5.41, 5.74) is 0.907. The van der Waals surface area contributed by atoms with E-state index in [1.807, 2.05) is 5.38 Å². The van der Waals surface area contributed by atoms with Crippen molar-refractivity contribution in [3.63, 3.8) is 0 Å². The molecule has 2 rings (SSSR count). The Morgan fingerprint density at radius 2 is 2.44 bits per heavy atom. The van der Waals surface area contributed by atoms with E-state index in [2.05, 4.69) is 5.10 Å². The fourth-order valence-corrected chi connectivity index (χ4v) is 1.97. The molecule has 0 amide bonds. The van der Waals surface area contributed by atoms with Crippen LogP contribution in [-0.4, -0.2) is 21.0 Å². The molecule has 0 N–H and O–H groups in total. The maximum atomic E-state index is 10.5. The first-order valence-electron chi connectivity index (χ1n) is 4.39. The SMILES string of the molecule is O=Cc1cc(Cn2ccc([N+](=O)[O-])n2)cs1. The molecule has 2 aromatic rings. The number of nitrogens with zero attached hydrogens (tertiary/aromatic N) is 3. The monoisotopic (exact) mass is 237 g/mol. The van der Waals surface area contributed by atoms with Gasteiger partial charge < -0.3 is 10.1 Å². The van der Waals surface area contributed by atoms with E-state index in [1.54, 1.807) is 6.07 Å². The molecule has 0 aliphatic carbocycles. The first kappa shape index (κ1) is 10.5. The van der Waals surface area contributed by atoms with E-state index in [0.717, 1.165) is 11.8 Å². The van der Waals surface area contributed by atoms with Crippen LogP contribution in [0.15, 0.2) is 23.7 Å². The molecule has 0 saturated carbocycles. The van der Waals surface area contributed by atoms with Crippen LogP contribution in [0.25, 0.3) is 0 Å². The molecule has 0 fully saturated rings. The fraction of sp³-hybridized carbons (Fsp3) is 0.111. The Balaban J connectivity index is 2.13. The van der Waals surface area contributed by atoms with Gasteiger partial charge in [-0.3, -0.25) is 4.79 Å². The van der Waals surface area contributed by atoms with Gasteiger partial charge in [-0.15, -0.1) is 11.3 Å². The molecule has 16 heavy (non-hydrogen) atoms. The van der Waals surface area contributed by atoms with Gasteiger partial charge in [0.1, 0.15) is 0 Å². The van der Waals surface area contributed by atoms with Crippen molar-refractivity contribution in [2.45, 2.75) is 6.54 Å². The Bertz CT molecular complexity index is 532. The van der Waals surface area contributed by atoms with Crippen molar-refractivity contribution >= 4 is 23.4 Å². The number of carbonyl (C=O) groups is 1. The van der Waals surface area contributed by atoms with Gasteiger partial charge in [0.2, 0.25) is 0 Å². The summed E-state index contributed by atoms with van der Waals surface area (Å²) in [7, 11) is 0. The third-order valence-electron chi connectivity index (χ3n) is 1.95. The van der Waals surface area contributed by atoms with Crippen molar-refractivity contribution in [3.8, 4) is 0 Å². The highest BCUT2D eigenvalue weighted by atomic mass is 32.1. The summed E-state index contributed by atoms with van der Waals surface area (Å²) in [5.74, 6) is -0.175. The van der Waals surface area contributed by atoms with Crippen LogP contribution in [-0.2, 0) is 6.54 Å². The third kappa shape index (κ3) is 2.14. The van der Waals surface area contributed by atoms with E-state index in [0.29, 0.717) is 11.4 Å². The number of carbonyl (C=O) groups excluding carboxylic acids is 1. The van der Waals surface area contributed by atoms with Crippen LogP contribution in [0.4, 0.5) is 5.82 Å². The summed E-state index contributed by atoms with van der Waals surface area (Å²) in [6.45, 7) is 0.429. The Morgan fingerprint density at radius 1 is 1.62 bits per heavy atom. The quantitative estimate of drug-likeness (QED) is 0.460. The molecule has 0 aliphatic rings. The summed E-state index contributed by atoms with van der Waals surface area (Å²) in [6, 6.07) is 3.08. The van der Waals surface area contributed by atoms with Gasteiger partial charge in [-0.25, -0.2) is 0 Å². The second-order valence-electron chi connectivity index (χ2n) is 3.10. The predicted octanol–water partition coefficient (Wildman–Crippen LogP) is 1.71. The normalized spacial score (nSPS) is 10.2. The van der Waals surface area contributed by atoms with E-state index >= 15 is 0 Å². The summed E-state index contributed by atoms with van der Waals surface area (Å²) < 4.78 is 1.47. The number of aldehydes is 1. The molecular formula is C9H7N3O3S. The molecule has 0 unspecified atom stereocenters. The van der Waals surface area contributed by atoms with Crippen molar-refractivity contribution in [1.82, 2.24) is 9.78 Å². The van der Waals surface area contributed by atoms with Gasteiger partial charge in [-0.2, -0.15) is 4.68 Å². The number of hydrogen-bond donors (Lipinski definition) is 0. The molecule has 0 aliphatic heterocycles. The van der Waals surface area contributed by atoms with Gasteiger partial charge in [0.05, 0.1) is 28.8 Å². The second kappa shape index (κ2) is 4.23. The Hall–Kier alpha value is -2.02.